The first kappa shape index (κ1) is 18.5. The lowest BCUT2D eigenvalue weighted by Crippen LogP contribution is -2.44. The molecule has 0 fully saturated rings. The summed E-state index contributed by atoms with van der Waals surface area (Å²) in [6.45, 7) is -0.970. The molecule has 2 aromatic carbocycles. The summed E-state index contributed by atoms with van der Waals surface area (Å²) in [7, 11) is 1.68. The van der Waals surface area contributed by atoms with Gasteiger partial charge in [0.2, 0.25) is 5.69 Å². The summed E-state index contributed by atoms with van der Waals surface area (Å²) < 4.78 is 39.5. The molecule has 3 aromatic rings. The van der Waals surface area contributed by atoms with Crippen LogP contribution in [0.25, 0.3) is 22.5 Å². The molecule has 0 saturated heterocycles. The van der Waals surface area contributed by atoms with Gasteiger partial charge in [-0.3, -0.25) is 0 Å². The number of halogens is 2. The second-order valence-corrected chi connectivity index (χ2v) is 6.82. The number of methoxy groups -OCH3 is 1. The molecule has 2 heterocycles. The maximum absolute atomic E-state index is 12.4. The molecule has 146 valence electrons. The summed E-state index contributed by atoms with van der Waals surface area (Å²) in [5.41, 5.74) is 4.18. The Labute approximate surface area is 162 Å². The van der Waals surface area contributed by atoms with Gasteiger partial charge in [-0.25, -0.2) is 0 Å². The number of rotatable bonds is 5. The van der Waals surface area contributed by atoms with Crippen LogP contribution < -0.4 is 14.2 Å². The van der Waals surface area contributed by atoms with E-state index in [4.69, 9.17) is 4.74 Å². The molecule has 1 aromatic heterocycles. The van der Waals surface area contributed by atoms with Crippen molar-refractivity contribution in [3.63, 3.8) is 0 Å². The Hall–Kier alpha value is -2.89. The molecule has 0 spiro atoms. The first-order chi connectivity index (χ1) is 13.7. The molecule has 6 heteroatoms. The van der Waals surface area contributed by atoms with E-state index in [1.54, 1.807) is 19.2 Å². The highest BCUT2D eigenvalue weighted by molar-refractivity contribution is 5.71. The lowest BCUT2D eigenvalue weighted by molar-refractivity contribution is -0.763. The number of ether oxygens (including phenoxy) is 2. The van der Waals surface area contributed by atoms with Crippen molar-refractivity contribution in [3.05, 3.63) is 54.6 Å². The predicted octanol–water partition coefficient (Wildman–Crippen LogP) is 4.90. The van der Waals surface area contributed by atoms with Crippen LogP contribution in [0.1, 0.15) is 19.3 Å². The predicted molar refractivity (Wildman–Crippen MR) is 103 cm³/mol. The average Bonchev–Trinajstić information content (AvgIpc) is 2.89. The molecule has 0 radical (unpaired) electrons. The fraction of sp³-hybridized carbons (Fsp3) is 0.318. The van der Waals surface area contributed by atoms with Crippen LogP contribution in [0, 0.1) is 0 Å². The van der Waals surface area contributed by atoms with Crippen molar-refractivity contribution in [2.24, 2.45) is 0 Å². The van der Waals surface area contributed by atoms with Crippen LogP contribution in [0.4, 0.5) is 8.78 Å². The molecule has 4 nitrogen and oxygen atoms in total. The van der Waals surface area contributed by atoms with Crippen LogP contribution in [0.5, 0.6) is 11.5 Å². The van der Waals surface area contributed by atoms with Crippen molar-refractivity contribution in [3.8, 4) is 34.0 Å². The van der Waals surface area contributed by atoms with Crippen molar-refractivity contribution < 1.29 is 22.9 Å². The third kappa shape index (κ3) is 3.59. The van der Waals surface area contributed by atoms with E-state index >= 15 is 0 Å². The number of para-hydroxylation sites is 1. The van der Waals surface area contributed by atoms with Crippen LogP contribution in [0.3, 0.4) is 0 Å². The van der Waals surface area contributed by atoms with Gasteiger partial charge < -0.3 is 9.47 Å². The number of hydrogen-bond acceptors (Lipinski definition) is 2. The molecule has 0 amide bonds. The second-order valence-electron chi connectivity index (χ2n) is 6.82. The SMILES string of the molecule is COc1ccccc1-c1cc(-c2ccc(OC(F)F)cc2)[n+]2n1CCCCC2. The first-order valence-corrected chi connectivity index (χ1v) is 9.49. The Balaban J connectivity index is 1.81. The van der Waals surface area contributed by atoms with Crippen LogP contribution >= 0.6 is 0 Å². The van der Waals surface area contributed by atoms with E-state index < -0.39 is 6.61 Å². The van der Waals surface area contributed by atoms with Gasteiger partial charge in [0.25, 0.3) is 0 Å². The largest absolute Gasteiger partial charge is 0.496 e. The van der Waals surface area contributed by atoms with Gasteiger partial charge >= 0.3 is 6.61 Å². The Morgan fingerprint density at radius 1 is 1.00 bits per heavy atom. The normalized spacial score (nSPS) is 13.9. The summed E-state index contributed by atoms with van der Waals surface area (Å²) in [5.74, 6) is 0.999. The zero-order valence-corrected chi connectivity index (χ0v) is 15.8. The van der Waals surface area contributed by atoms with Gasteiger partial charge in [-0.1, -0.05) is 12.1 Å². The maximum atomic E-state index is 12.4. The van der Waals surface area contributed by atoms with E-state index in [2.05, 4.69) is 26.2 Å². The van der Waals surface area contributed by atoms with Crippen molar-refractivity contribution in [2.75, 3.05) is 7.11 Å². The fourth-order valence-corrected chi connectivity index (χ4v) is 3.83. The van der Waals surface area contributed by atoms with E-state index in [0.29, 0.717) is 0 Å². The smallest absolute Gasteiger partial charge is 0.387 e. The molecule has 0 N–H and O–H groups in total. The van der Waals surface area contributed by atoms with Crippen LogP contribution in [-0.4, -0.2) is 18.4 Å². The Morgan fingerprint density at radius 2 is 1.79 bits per heavy atom. The van der Waals surface area contributed by atoms with Gasteiger partial charge in [0, 0.05) is 23.6 Å². The number of alkyl halides is 2. The minimum absolute atomic E-state index is 0.166. The summed E-state index contributed by atoms with van der Waals surface area (Å²) in [5, 5.41) is 0. The summed E-state index contributed by atoms with van der Waals surface area (Å²) >= 11 is 0. The molecular weight excluding hydrogens is 362 g/mol. The van der Waals surface area contributed by atoms with E-state index in [9.17, 15) is 8.78 Å². The lowest BCUT2D eigenvalue weighted by Gasteiger charge is -2.09. The summed E-state index contributed by atoms with van der Waals surface area (Å²) in [6.07, 6.45) is 3.41. The summed E-state index contributed by atoms with van der Waals surface area (Å²) in [4.78, 5) is 0. The number of hydrogen-bond donors (Lipinski definition) is 0. The highest BCUT2D eigenvalue weighted by Gasteiger charge is 2.27. The lowest BCUT2D eigenvalue weighted by atomic mass is 10.1. The Bertz CT molecular complexity index is 952. The fourth-order valence-electron chi connectivity index (χ4n) is 3.83. The van der Waals surface area contributed by atoms with Gasteiger partial charge in [-0.2, -0.15) is 13.5 Å². The van der Waals surface area contributed by atoms with Gasteiger partial charge in [-0.15, -0.1) is 4.68 Å². The van der Waals surface area contributed by atoms with Crippen molar-refractivity contribution in [1.29, 1.82) is 0 Å². The minimum atomic E-state index is -2.82. The maximum Gasteiger partial charge on any atom is 0.387 e. The standard InChI is InChI=1S/C22H23F2N2O2/c1-27-21-8-4-3-7-18(21)20-15-19(25-13-5-2-6-14-26(20)25)16-9-11-17(12-10-16)28-22(23)24/h3-4,7-12,15,22H,2,5-6,13-14H2,1H3/q+1. The van der Waals surface area contributed by atoms with E-state index in [-0.39, 0.29) is 5.75 Å². The number of fused-ring (bicyclic) bond motifs is 1. The minimum Gasteiger partial charge on any atom is -0.496 e. The van der Waals surface area contributed by atoms with Gasteiger partial charge in [0.05, 0.1) is 13.7 Å². The highest BCUT2D eigenvalue weighted by atomic mass is 19.3. The van der Waals surface area contributed by atoms with E-state index in [0.717, 1.165) is 54.2 Å². The molecular formula is C22H23F2N2O2+. The molecule has 4 rings (SSSR count). The van der Waals surface area contributed by atoms with Gasteiger partial charge in [0.1, 0.15) is 17.2 Å². The molecule has 28 heavy (non-hydrogen) atoms. The molecule has 0 atom stereocenters. The van der Waals surface area contributed by atoms with E-state index in [1.165, 1.54) is 6.42 Å². The van der Waals surface area contributed by atoms with Gasteiger partial charge in [0.15, 0.2) is 6.54 Å². The zero-order valence-electron chi connectivity index (χ0n) is 15.8. The Morgan fingerprint density at radius 3 is 2.54 bits per heavy atom. The number of benzene rings is 2. The Kier molecular flexibility index (Phi) is 5.28. The third-order valence-corrected chi connectivity index (χ3v) is 5.12. The molecule has 0 bridgehead atoms. The van der Waals surface area contributed by atoms with Crippen LogP contribution in [-0.2, 0) is 13.1 Å². The molecule has 1 aliphatic heterocycles. The van der Waals surface area contributed by atoms with Crippen LogP contribution in [0.15, 0.2) is 54.6 Å². The second kappa shape index (κ2) is 8.00. The third-order valence-electron chi connectivity index (χ3n) is 5.12. The quantitative estimate of drug-likeness (QED) is 0.584. The summed E-state index contributed by atoms with van der Waals surface area (Å²) in [6, 6.07) is 17.0. The van der Waals surface area contributed by atoms with Crippen molar-refractivity contribution in [1.82, 2.24) is 4.68 Å². The zero-order chi connectivity index (χ0) is 19.5. The first-order valence-electron chi connectivity index (χ1n) is 9.49. The molecule has 0 saturated carbocycles. The van der Waals surface area contributed by atoms with Crippen LogP contribution in [0.2, 0.25) is 0 Å². The average molecular weight is 385 g/mol. The van der Waals surface area contributed by atoms with Gasteiger partial charge in [-0.05, 0) is 49.2 Å². The van der Waals surface area contributed by atoms with Crippen molar-refractivity contribution in [2.45, 2.75) is 39.0 Å². The van der Waals surface area contributed by atoms with Crippen molar-refractivity contribution >= 4 is 0 Å². The number of aromatic nitrogens is 2. The van der Waals surface area contributed by atoms with E-state index in [1.807, 2.05) is 30.3 Å². The highest BCUT2D eigenvalue weighted by Crippen LogP contribution is 2.33. The molecule has 0 aliphatic carbocycles. The topological polar surface area (TPSA) is 27.3 Å². The molecule has 1 aliphatic rings. The number of nitrogens with zero attached hydrogens (tertiary/aromatic N) is 2. The monoisotopic (exact) mass is 385 g/mol. The molecule has 0 unspecified atom stereocenters.